The fraction of sp³-hybridized carbons (Fsp3) is 0.667. The quantitative estimate of drug-likeness (QED) is 0.705. The minimum absolute atomic E-state index is 0.650. The van der Waals surface area contributed by atoms with Crippen LogP contribution < -0.4 is 0 Å². The van der Waals surface area contributed by atoms with Gasteiger partial charge in [0.25, 0.3) is 0 Å². The summed E-state index contributed by atoms with van der Waals surface area (Å²) in [4.78, 5) is 4.54. The molecule has 4 heteroatoms. The molecule has 3 nitrogen and oxygen atoms in total. The average Bonchev–Trinajstić information content (AvgIpc) is 2.45. The van der Waals surface area contributed by atoms with E-state index < -0.39 is 19.2 Å². The van der Waals surface area contributed by atoms with Gasteiger partial charge in [-0.3, -0.25) is 0 Å². The molecule has 0 spiro atoms. The Morgan fingerprint density at radius 3 is 2.00 bits per heavy atom. The van der Waals surface area contributed by atoms with Crippen molar-refractivity contribution >= 4 is 19.2 Å². The van der Waals surface area contributed by atoms with Crippen LogP contribution in [0, 0.1) is 0 Å². The Bertz CT molecular complexity index is 364. The van der Waals surface area contributed by atoms with E-state index in [1.54, 1.807) is 0 Å². The number of fused-ring (bicyclic) bond motifs is 2. The first kappa shape index (κ1) is 15.3. The Morgan fingerprint density at radius 2 is 1.53 bits per heavy atom. The molecule has 1 aliphatic heterocycles. The molecule has 0 atom stereocenters. The molecule has 0 fully saturated rings. The Hall–Kier alpha value is -0.131. The van der Waals surface area contributed by atoms with E-state index in [2.05, 4.69) is 31.0 Å². The zero-order valence-electron chi connectivity index (χ0n) is 12.2. The first-order chi connectivity index (χ1) is 9.28. The summed E-state index contributed by atoms with van der Waals surface area (Å²) in [5.41, 5.74) is 2.13. The molecule has 1 aromatic heterocycles. The molecule has 0 aromatic carbocycles. The van der Waals surface area contributed by atoms with Crippen LogP contribution >= 0.6 is 0 Å². The van der Waals surface area contributed by atoms with Gasteiger partial charge in [0, 0.05) is 0 Å². The average molecular weight is 370 g/mol. The molecule has 0 N–H and O–H groups in total. The molecule has 0 saturated heterocycles. The SMILES string of the molecule is CCC[CH2][Sn-]1([CH2]CCC)[O]Cc2cccc(n2)C[O]1. The van der Waals surface area contributed by atoms with Crippen LogP contribution in [0.15, 0.2) is 18.2 Å². The van der Waals surface area contributed by atoms with E-state index in [-0.39, 0.29) is 0 Å². The number of rotatable bonds is 6. The van der Waals surface area contributed by atoms with Crippen molar-refractivity contribution in [1.29, 1.82) is 0 Å². The normalized spacial score (nSPS) is 17.8. The predicted molar refractivity (Wildman–Crippen MR) is 79.0 cm³/mol. The number of pyridine rings is 1. The van der Waals surface area contributed by atoms with Crippen LogP contribution in [0.2, 0.25) is 8.87 Å². The monoisotopic (exact) mass is 371 g/mol. The van der Waals surface area contributed by atoms with Crippen molar-refractivity contribution in [2.75, 3.05) is 0 Å². The third-order valence-electron chi connectivity index (χ3n) is 3.65. The topological polar surface area (TPSA) is 31.4 Å². The van der Waals surface area contributed by atoms with E-state index in [0.717, 1.165) is 11.4 Å². The zero-order valence-corrected chi connectivity index (χ0v) is 15.0. The third-order valence-corrected chi connectivity index (χ3v) is 13.8. The van der Waals surface area contributed by atoms with E-state index in [4.69, 9.17) is 6.15 Å². The number of hydrogen-bond donors (Lipinski definition) is 0. The molecule has 107 valence electrons. The molecule has 0 radical (unpaired) electrons. The van der Waals surface area contributed by atoms with Crippen molar-refractivity contribution in [2.45, 2.75) is 61.6 Å². The van der Waals surface area contributed by atoms with Crippen molar-refractivity contribution in [3.63, 3.8) is 0 Å². The van der Waals surface area contributed by atoms with Gasteiger partial charge in [-0.25, -0.2) is 0 Å². The minimum atomic E-state index is -2.86. The molecule has 2 bridgehead atoms. The third kappa shape index (κ3) is 4.43. The van der Waals surface area contributed by atoms with E-state index >= 15 is 0 Å². The molecule has 0 saturated carbocycles. The summed E-state index contributed by atoms with van der Waals surface area (Å²) in [6.45, 7) is 5.79. The molecule has 1 aromatic rings. The summed E-state index contributed by atoms with van der Waals surface area (Å²) in [6.07, 6.45) is 4.92. The van der Waals surface area contributed by atoms with Gasteiger partial charge in [-0.1, -0.05) is 0 Å². The second kappa shape index (κ2) is 7.60. The van der Waals surface area contributed by atoms with Gasteiger partial charge in [0.2, 0.25) is 0 Å². The standard InChI is InChI=1S/C7H7NO2.2C4H9.Sn/c9-4-6-2-1-3-7(5-10)8-6;2*1-3-4-2;/h1-3H,4-5H2;2*1,3-4H2,2H3;/q-2;;;+1. The molecule has 19 heavy (non-hydrogen) atoms. The summed E-state index contributed by atoms with van der Waals surface area (Å²) >= 11 is -2.86. The van der Waals surface area contributed by atoms with Crippen molar-refractivity contribution in [3.05, 3.63) is 29.6 Å². The van der Waals surface area contributed by atoms with Crippen LogP contribution in [0.4, 0.5) is 0 Å². The van der Waals surface area contributed by atoms with Crippen LogP contribution in [0.3, 0.4) is 0 Å². The van der Waals surface area contributed by atoms with Gasteiger partial charge in [0.1, 0.15) is 0 Å². The first-order valence-electron chi connectivity index (χ1n) is 7.51. The number of aromatic nitrogens is 1. The molecule has 0 amide bonds. The van der Waals surface area contributed by atoms with Gasteiger partial charge in [-0.15, -0.1) is 0 Å². The molecular weight excluding hydrogens is 345 g/mol. The number of unbranched alkanes of at least 4 members (excludes halogenated alkanes) is 2. The Morgan fingerprint density at radius 1 is 1.00 bits per heavy atom. The van der Waals surface area contributed by atoms with Gasteiger partial charge in [-0.2, -0.15) is 0 Å². The van der Waals surface area contributed by atoms with Crippen LogP contribution in [-0.4, -0.2) is 24.2 Å². The van der Waals surface area contributed by atoms with Crippen molar-refractivity contribution in [1.82, 2.24) is 4.98 Å². The molecule has 1 aliphatic rings. The first-order valence-corrected chi connectivity index (χ1v) is 13.9. The molecule has 2 heterocycles. The van der Waals surface area contributed by atoms with Gasteiger partial charge in [-0.05, 0) is 0 Å². The second-order valence-electron chi connectivity index (χ2n) is 5.32. The molecule has 0 unspecified atom stereocenters. The fourth-order valence-electron chi connectivity index (χ4n) is 2.45. The van der Waals surface area contributed by atoms with Gasteiger partial charge >= 0.3 is 122 Å². The molecule has 0 aliphatic carbocycles. The predicted octanol–water partition coefficient (Wildman–Crippen LogP) is 4.17. The number of nitrogens with zero attached hydrogens (tertiary/aromatic N) is 1. The zero-order chi connectivity index (χ0) is 13.6. The van der Waals surface area contributed by atoms with E-state index in [1.165, 1.54) is 34.6 Å². The van der Waals surface area contributed by atoms with E-state index in [0.29, 0.717) is 13.2 Å². The van der Waals surface area contributed by atoms with Gasteiger partial charge in [0.15, 0.2) is 0 Å². The van der Waals surface area contributed by atoms with Gasteiger partial charge in [0.05, 0.1) is 0 Å². The summed E-state index contributed by atoms with van der Waals surface area (Å²) in [6, 6.07) is 6.17. The summed E-state index contributed by atoms with van der Waals surface area (Å²) in [5, 5.41) is 0. The molecule has 2 rings (SSSR count). The maximum absolute atomic E-state index is 6.34. The Kier molecular flexibility index (Phi) is 6.10. The fourth-order valence-corrected chi connectivity index (χ4v) is 12.5. The maximum atomic E-state index is 6.34. The van der Waals surface area contributed by atoms with Crippen molar-refractivity contribution in [2.24, 2.45) is 0 Å². The van der Waals surface area contributed by atoms with Crippen molar-refractivity contribution in [3.8, 4) is 0 Å². The van der Waals surface area contributed by atoms with E-state index in [9.17, 15) is 0 Å². The molecular formula is C15H25NO2Sn-. The van der Waals surface area contributed by atoms with Crippen LogP contribution in [0.25, 0.3) is 0 Å². The number of hydrogen-bond acceptors (Lipinski definition) is 3. The van der Waals surface area contributed by atoms with Crippen LogP contribution in [-0.2, 0) is 19.4 Å². The van der Waals surface area contributed by atoms with Crippen LogP contribution in [0.1, 0.15) is 50.9 Å². The van der Waals surface area contributed by atoms with Crippen LogP contribution in [0.5, 0.6) is 0 Å². The summed E-state index contributed by atoms with van der Waals surface area (Å²) < 4.78 is 15.1. The van der Waals surface area contributed by atoms with E-state index in [1.807, 2.05) is 6.07 Å². The summed E-state index contributed by atoms with van der Waals surface area (Å²) in [7, 11) is 0. The van der Waals surface area contributed by atoms with Crippen molar-refractivity contribution < 1.29 is 6.15 Å². The Labute approximate surface area is 121 Å². The Balaban J connectivity index is 2.09. The van der Waals surface area contributed by atoms with Gasteiger partial charge < -0.3 is 0 Å². The second-order valence-corrected chi connectivity index (χ2v) is 15.0. The summed E-state index contributed by atoms with van der Waals surface area (Å²) in [5.74, 6) is 0.